The Kier molecular flexibility index (Phi) is 4.94. The molecule has 1 aliphatic heterocycles. The molecule has 0 saturated carbocycles. The number of hydrogen-bond acceptors (Lipinski definition) is 3. The van der Waals surface area contributed by atoms with E-state index in [-0.39, 0.29) is 18.6 Å². The highest BCUT2D eigenvalue weighted by Crippen LogP contribution is 2.31. The molecule has 3 rings (SSSR count). The lowest BCUT2D eigenvalue weighted by Gasteiger charge is -2.26. The molecule has 2 aromatic carbocycles. The maximum Gasteiger partial charge on any atom is 0.258 e. The summed E-state index contributed by atoms with van der Waals surface area (Å²) in [6.45, 7) is 0.475. The summed E-state index contributed by atoms with van der Waals surface area (Å²) >= 11 is 11.8. The van der Waals surface area contributed by atoms with Gasteiger partial charge in [0.2, 0.25) is 0 Å². The number of hydrogen-bond donors (Lipinski definition) is 1. The number of fused-ring (bicyclic) bond motifs is 1. The SMILES string of the molecule is O=C(COc1cc(Cl)cc(Cl)c1)NC1CCOc2ccccc21. The van der Waals surface area contributed by atoms with E-state index in [0.717, 1.165) is 17.7 Å². The molecule has 1 unspecified atom stereocenters. The third kappa shape index (κ3) is 4.09. The van der Waals surface area contributed by atoms with E-state index in [2.05, 4.69) is 5.32 Å². The summed E-state index contributed by atoms with van der Waals surface area (Å²) in [5, 5.41) is 3.89. The third-order valence-electron chi connectivity index (χ3n) is 3.50. The molecule has 23 heavy (non-hydrogen) atoms. The molecule has 0 fully saturated rings. The van der Waals surface area contributed by atoms with Crippen molar-refractivity contribution in [3.63, 3.8) is 0 Å². The van der Waals surface area contributed by atoms with Crippen molar-refractivity contribution in [3.8, 4) is 11.5 Å². The average molecular weight is 352 g/mol. The van der Waals surface area contributed by atoms with Crippen LogP contribution in [0.25, 0.3) is 0 Å². The molecule has 0 aliphatic carbocycles. The van der Waals surface area contributed by atoms with Gasteiger partial charge in [-0.3, -0.25) is 4.79 Å². The summed E-state index contributed by atoms with van der Waals surface area (Å²) in [7, 11) is 0. The lowest BCUT2D eigenvalue weighted by Crippen LogP contribution is -2.35. The molecule has 0 radical (unpaired) electrons. The Bertz CT molecular complexity index is 700. The number of carbonyl (C=O) groups excluding carboxylic acids is 1. The Hall–Kier alpha value is -1.91. The van der Waals surface area contributed by atoms with Crippen LogP contribution in [0.4, 0.5) is 0 Å². The molecule has 4 nitrogen and oxygen atoms in total. The standard InChI is InChI=1S/C17H15Cl2NO3/c18-11-7-12(19)9-13(8-11)23-10-17(21)20-15-5-6-22-16-4-2-1-3-14(15)16/h1-4,7-9,15H,5-6,10H2,(H,20,21). The predicted octanol–water partition coefficient (Wildman–Crippen LogP) is 4.01. The van der Waals surface area contributed by atoms with Crippen LogP contribution in [0.1, 0.15) is 18.0 Å². The van der Waals surface area contributed by atoms with Gasteiger partial charge in [0.25, 0.3) is 5.91 Å². The first-order chi connectivity index (χ1) is 11.1. The number of rotatable bonds is 4. The highest BCUT2D eigenvalue weighted by atomic mass is 35.5. The van der Waals surface area contributed by atoms with Crippen LogP contribution in [0.15, 0.2) is 42.5 Å². The van der Waals surface area contributed by atoms with Crippen LogP contribution < -0.4 is 14.8 Å². The fraction of sp³-hybridized carbons (Fsp3) is 0.235. The van der Waals surface area contributed by atoms with Gasteiger partial charge in [-0.15, -0.1) is 0 Å². The van der Waals surface area contributed by atoms with Gasteiger partial charge in [-0.25, -0.2) is 0 Å². The van der Waals surface area contributed by atoms with Gasteiger partial charge in [-0.2, -0.15) is 0 Å². The van der Waals surface area contributed by atoms with Crippen LogP contribution in [0.3, 0.4) is 0 Å². The Morgan fingerprint density at radius 1 is 1.22 bits per heavy atom. The molecule has 120 valence electrons. The Balaban J connectivity index is 1.60. The Morgan fingerprint density at radius 2 is 1.96 bits per heavy atom. The molecule has 0 aromatic heterocycles. The highest BCUT2D eigenvalue weighted by molar-refractivity contribution is 6.34. The number of amides is 1. The van der Waals surface area contributed by atoms with Crippen LogP contribution in [0.5, 0.6) is 11.5 Å². The molecule has 2 aromatic rings. The quantitative estimate of drug-likeness (QED) is 0.904. The molecule has 1 N–H and O–H groups in total. The fourth-order valence-electron chi connectivity index (χ4n) is 2.49. The van der Waals surface area contributed by atoms with Gasteiger partial charge in [0.05, 0.1) is 12.6 Å². The summed E-state index contributed by atoms with van der Waals surface area (Å²) in [5.74, 6) is 1.07. The molecule has 1 aliphatic rings. The number of carbonyl (C=O) groups is 1. The van der Waals surface area contributed by atoms with Gasteiger partial charge in [-0.1, -0.05) is 41.4 Å². The molecule has 1 atom stereocenters. The van der Waals surface area contributed by atoms with Crippen molar-refractivity contribution in [2.45, 2.75) is 12.5 Å². The second-order valence-electron chi connectivity index (χ2n) is 5.19. The lowest BCUT2D eigenvalue weighted by atomic mass is 10.0. The van der Waals surface area contributed by atoms with Gasteiger partial charge in [0.1, 0.15) is 11.5 Å². The second kappa shape index (κ2) is 7.11. The van der Waals surface area contributed by atoms with E-state index in [9.17, 15) is 4.79 Å². The van der Waals surface area contributed by atoms with Crippen molar-refractivity contribution >= 4 is 29.1 Å². The molecular weight excluding hydrogens is 337 g/mol. The monoisotopic (exact) mass is 351 g/mol. The molecule has 6 heteroatoms. The van der Waals surface area contributed by atoms with Crippen molar-refractivity contribution in [1.82, 2.24) is 5.32 Å². The summed E-state index contributed by atoms with van der Waals surface area (Å²) in [4.78, 5) is 12.1. The average Bonchev–Trinajstić information content (AvgIpc) is 2.52. The summed E-state index contributed by atoms with van der Waals surface area (Å²) in [5.41, 5.74) is 0.984. The first kappa shape index (κ1) is 16.0. The summed E-state index contributed by atoms with van der Waals surface area (Å²) in [6.07, 6.45) is 0.728. The zero-order valence-corrected chi connectivity index (χ0v) is 13.7. The van der Waals surface area contributed by atoms with Crippen LogP contribution in [-0.4, -0.2) is 19.1 Å². The number of halogens is 2. The maximum atomic E-state index is 12.1. The number of ether oxygens (including phenoxy) is 2. The smallest absolute Gasteiger partial charge is 0.258 e. The van der Waals surface area contributed by atoms with Gasteiger partial charge in [0, 0.05) is 22.0 Å². The van der Waals surface area contributed by atoms with Gasteiger partial charge >= 0.3 is 0 Å². The molecule has 0 spiro atoms. The first-order valence-electron chi connectivity index (χ1n) is 7.22. The largest absolute Gasteiger partial charge is 0.493 e. The topological polar surface area (TPSA) is 47.6 Å². The van der Waals surface area contributed by atoms with Gasteiger partial charge in [0.15, 0.2) is 6.61 Å². The van der Waals surface area contributed by atoms with E-state index in [1.807, 2.05) is 24.3 Å². The van der Waals surface area contributed by atoms with Crippen LogP contribution >= 0.6 is 23.2 Å². The minimum absolute atomic E-state index is 0.0704. The third-order valence-corrected chi connectivity index (χ3v) is 3.94. The zero-order chi connectivity index (χ0) is 16.2. The van der Waals surface area contributed by atoms with Gasteiger partial charge < -0.3 is 14.8 Å². The number of para-hydroxylation sites is 1. The molecule has 1 amide bonds. The molecule has 0 saturated heterocycles. The summed E-state index contributed by atoms with van der Waals surface area (Å²) < 4.78 is 11.0. The van der Waals surface area contributed by atoms with Crippen LogP contribution in [-0.2, 0) is 4.79 Å². The fourth-order valence-corrected chi connectivity index (χ4v) is 2.99. The van der Waals surface area contributed by atoms with Crippen molar-refractivity contribution in [1.29, 1.82) is 0 Å². The second-order valence-corrected chi connectivity index (χ2v) is 6.06. The molecule has 0 bridgehead atoms. The van der Waals surface area contributed by atoms with E-state index in [1.54, 1.807) is 18.2 Å². The van der Waals surface area contributed by atoms with Crippen molar-refractivity contribution in [2.75, 3.05) is 13.2 Å². The summed E-state index contributed by atoms with van der Waals surface area (Å²) in [6, 6.07) is 12.5. The first-order valence-corrected chi connectivity index (χ1v) is 7.97. The van der Waals surface area contributed by atoms with Crippen LogP contribution in [0, 0.1) is 0 Å². The van der Waals surface area contributed by atoms with E-state index >= 15 is 0 Å². The van der Waals surface area contributed by atoms with Crippen molar-refractivity contribution < 1.29 is 14.3 Å². The van der Waals surface area contributed by atoms with Crippen molar-refractivity contribution in [3.05, 3.63) is 58.1 Å². The van der Waals surface area contributed by atoms with Gasteiger partial charge in [-0.05, 0) is 24.3 Å². The minimum Gasteiger partial charge on any atom is -0.493 e. The molecular formula is C17H15Cl2NO3. The zero-order valence-electron chi connectivity index (χ0n) is 12.2. The highest BCUT2D eigenvalue weighted by Gasteiger charge is 2.22. The maximum absolute atomic E-state index is 12.1. The number of nitrogens with one attached hydrogen (secondary N) is 1. The van der Waals surface area contributed by atoms with E-state index in [0.29, 0.717) is 22.4 Å². The normalized spacial score (nSPS) is 16.2. The molecule has 1 heterocycles. The Morgan fingerprint density at radius 3 is 2.74 bits per heavy atom. The van der Waals surface area contributed by atoms with Crippen molar-refractivity contribution in [2.24, 2.45) is 0 Å². The lowest BCUT2D eigenvalue weighted by molar-refractivity contribution is -0.124. The number of benzene rings is 2. The Labute approximate surface area is 144 Å². The van der Waals surface area contributed by atoms with E-state index in [4.69, 9.17) is 32.7 Å². The van der Waals surface area contributed by atoms with E-state index < -0.39 is 0 Å². The van der Waals surface area contributed by atoms with E-state index in [1.165, 1.54) is 0 Å². The van der Waals surface area contributed by atoms with Crippen LogP contribution in [0.2, 0.25) is 10.0 Å². The predicted molar refractivity (Wildman–Crippen MR) is 89.4 cm³/mol. The minimum atomic E-state index is -0.206.